The second-order valence-electron chi connectivity index (χ2n) is 5.68. The van der Waals surface area contributed by atoms with Crippen LogP contribution in [0, 0.1) is 11.3 Å². The van der Waals surface area contributed by atoms with Crippen molar-refractivity contribution >= 4 is 11.8 Å². The van der Waals surface area contributed by atoms with Crippen LogP contribution in [0.25, 0.3) is 0 Å². The predicted octanol–water partition coefficient (Wildman–Crippen LogP) is 0.856. The van der Waals surface area contributed by atoms with Crippen LogP contribution < -0.4 is 4.90 Å². The Hall–Kier alpha value is -2.13. The highest BCUT2D eigenvalue weighted by Crippen LogP contribution is 2.31. The van der Waals surface area contributed by atoms with Crippen LogP contribution in [-0.4, -0.2) is 39.9 Å². The molecule has 0 saturated carbocycles. The number of aliphatic hydroxyl groups is 1. The van der Waals surface area contributed by atoms with Crippen LogP contribution in [0.5, 0.6) is 0 Å². The van der Waals surface area contributed by atoms with Crippen LogP contribution in [0.4, 0.5) is 5.82 Å². The molecular formula is C15H17N3O3. The summed E-state index contributed by atoms with van der Waals surface area (Å²) in [7, 11) is 0. The van der Waals surface area contributed by atoms with E-state index in [0.717, 1.165) is 36.9 Å². The molecule has 1 aromatic heterocycles. The second-order valence-corrected chi connectivity index (χ2v) is 5.68. The normalized spacial score (nSPS) is 24.5. The molecule has 0 bridgehead atoms. The maximum atomic E-state index is 11.4. The van der Waals surface area contributed by atoms with Crippen molar-refractivity contribution in [1.82, 2.24) is 4.98 Å². The number of β-amino-alcohol motifs (C(OH)–C–C–N with tert-alkyl or cyclic N) is 1. The van der Waals surface area contributed by atoms with E-state index in [1.807, 2.05) is 6.07 Å². The van der Waals surface area contributed by atoms with Gasteiger partial charge in [-0.25, -0.2) is 9.78 Å². The lowest BCUT2D eigenvalue weighted by atomic mass is 9.95. The number of pyridine rings is 1. The summed E-state index contributed by atoms with van der Waals surface area (Å²) in [6.45, 7) is 0.206. The van der Waals surface area contributed by atoms with Crippen molar-refractivity contribution in [3.63, 3.8) is 0 Å². The molecule has 3 rings (SSSR count). The highest BCUT2D eigenvalue weighted by atomic mass is 16.4. The zero-order valence-electron chi connectivity index (χ0n) is 11.6. The molecule has 0 aromatic carbocycles. The van der Waals surface area contributed by atoms with E-state index in [9.17, 15) is 20.3 Å². The first-order valence-corrected chi connectivity index (χ1v) is 7.20. The van der Waals surface area contributed by atoms with Gasteiger partial charge in [0, 0.05) is 18.7 Å². The van der Waals surface area contributed by atoms with Crippen LogP contribution in [0.2, 0.25) is 0 Å². The van der Waals surface area contributed by atoms with Crippen molar-refractivity contribution in [1.29, 1.82) is 5.26 Å². The Bertz CT molecular complexity index is 623. The fraction of sp³-hybridized carbons (Fsp3) is 0.533. The van der Waals surface area contributed by atoms with E-state index in [4.69, 9.17) is 0 Å². The summed E-state index contributed by atoms with van der Waals surface area (Å²) in [5, 5.41) is 28.4. The van der Waals surface area contributed by atoms with Crippen LogP contribution in [-0.2, 0) is 17.6 Å². The summed E-state index contributed by atoms with van der Waals surface area (Å²) in [6, 6.07) is 3.13. The number of aryl methyl sites for hydroxylation is 2. The number of hydrogen-bond acceptors (Lipinski definition) is 5. The lowest BCUT2D eigenvalue weighted by molar-refractivity contribution is -0.138. The number of aromatic nitrogens is 1. The Kier molecular flexibility index (Phi) is 3.52. The number of aliphatic carboxylic acids is 1. The van der Waals surface area contributed by atoms with Gasteiger partial charge in [-0.05, 0) is 37.3 Å². The lowest BCUT2D eigenvalue weighted by Crippen LogP contribution is -2.37. The number of rotatable bonds is 2. The zero-order valence-corrected chi connectivity index (χ0v) is 11.6. The Labute approximate surface area is 122 Å². The fourth-order valence-electron chi connectivity index (χ4n) is 3.21. The molecule has 1 aliphatic carbocycles. The first-order valence-electron chi connectivity index (χ1n) is 7.20. The highest BCUT2D eigenvalue weighted by molar-refractivity contribution is 5.79. The molecule has 2 aliphatic rings. The minimum atomic E-state index is -0.991. The molecule has 1 fully saturated rings. The van der Waals surface area contributed by atoms with Gasteiger partial charge in [0.1, 0.15) is 17.9 Å². The van der Waals surface area contributed by atoms with E-state index >= 15 is 0 Å². The number of anilines is 1. The van der Waals surface area contributed by atoms with Crippen molar-refractivity contribution in [3.05, 3.63) is 22.9 Å². The molecule has 0 spiro atoms. The number of nitrogens with zero attached hydrogens (tertiary/aromatic N) is 3. The summed E-state index contributed by atoms with van der Waals surface area (Å²) in [5.41, 5.74) is 2.45. The van der Waals surface area contributed by atoms with Gasteiger partial charge in [-0.3, -0.25) is 0 Å². The van der Waals surface area contributed by atoms with Crippen LogP contribution in [0.3, 0.4) is 0 Å². The van der Waals surface area contributed by atoms with Gasteiger partial charge in [0.2, 0.25) is 0 Å². The fourth-order valence-corrected chi connectivity index (χ4v) is 3.21. The topological polar surface area (TPSA) is 97.5 Å². The predicted molar refractivity (Wildman–Crippen MR) is 75.0 cm³/mol. The first kappa shape index (κ1) is 13.8. The minimum Gasteiger partial charge on any atom is -0.480 e. The molecule has 6 heteroatoms. The molecule has 21 heavy (non-hydrogen) atoms. The van der Waals surface area contributed by atoms with Crippen LogP contribution in [0.15, 0.2) is 6.07 Å². The monoisotopic (exact) mass is 287 g/mol. The molecule has 1 aromatic rings. The first-order chi connectivity index (χ1) is 10.1. The van der Waals surface area contributed by atoms with Gasteiger partial charge in [-0.2, -0.15) is 5.26 Å². The van der Waals surface area contributed by atoms with Gasteiger partial charge in [0.15, 0.2) is 0 Å². The Morgan fingerprint density at radius 2 is 2.19 bits per heavy atom. The van der Waals surface area contributed by atoms with E-state index in [1.54, 1.807) is 4.90 Å². The molecular weight excluding hydrogens is 270 g/mol. The van der Waals surface area contributed by atoms with E-state index in [-0.39, 0.29) is 13.0 Å². The van der Waals surface area contributed by atoms with E-state index < -0.39 is 18.1 Å². The number of hydrogen-bond donors (Lipinski definition) is 2. The van der Waals surface area contributed by atoms with Crippen molar-refractivity contribution in [3.8, 4) is 6.07 Å². The molecule has 0 radical (unpaired) electrons. The number of fused-ring (bicyclic) bond motifs is 1. The summed E-state index contributed by atoms with van der Waals surface area (Å²) in [5.74, 6) is -0.586. The zero-order chi connectivity index (χ0) is 15.0. The standard InChI is InChI=1S/C15H17N3O3/c16-7-10-5-9-3-1-2-4-12(9)17-14(10)18-8-11(19)6-13(18)15(20)21/h5,11,13,19H,1-4,6,8H2,(H,20,21). The quantitative estimate of drug-likeness (QED) is 0.837. The molecule has 0 amide bonds. The molecule has 2 atom stereocenters. The van der Waals surface area contributed by atoms with Gasteiger partial charge < -0.3 is 15.1 Å². The highest BCUT2D eigenvalue weighted by Gasteiger charge is 2.38. The van der Waals surface area contributed by atoms with Crippen molar-refractivity contribution in [2.24, 2.45) is 0 Å². The molecule has 2 unspecified atom stereocenters. The number of carboxylic acid groups (broad SMARTS) is 1. The van der Waals surface area contributed by atoms with Crippen molar-refractivity contribution in [2.75, 3.05) is 11.4 Å². The summed E-state index contributed by atoms with van der Waals surface area (Å²) < 4.78 is 0. The molecule has 1 aliphatic heterocycles. The summed E-state index contributed by atoms with van der Waals surface area (Å²) >= 11 is 0. The maximum absolute atomic E-state index is 11.4. The SMILES string of the molecule is N#Cc1cc2c(nc1N1CC(O)CC1C(=O)O)CCCC2. The average molecular weight is 287 g/mol. The number of aliphatic hydroxyl groups excluding tert-OH is 1. The van der Waals surface area contributed by atoms with Crippen molar-refractivity contribution < 1.29 is 15.0 Å². The summed E-state index contributed by atoms with van der Waals surface area (Å²) in [6.07, 6.45) is 3.41. The largest absolute Gasteiger partial charge is 0.480 e. The molecule has 110 valence electrons. The van der Waals surface area contributed by atoms with E-state index in [1.165, 1.54) is 0 Å². The molecule has 6 nitrogen and oxygen atoms in total. The van der Waals surface area contributed by atoms with E-state index in [0.29, 0.717) is 11.4 Å². The van der Waals surface area contributed by atoms with Crippen LogP contribution in [0.1, 0.15) is 36.1 Å². The molecule has 2 heterocycles. The lowest BCUT2D eigenvalue weighted by Gasteiger charge is -2.25. The van der Waals surface area contributed by atoms with Crippen molar-refractivity contribution in [2.45, 2.75) is 44.2 Å². The van der Waals surface area contributed by atoms with E-state index in [2.05, 4.69) is 11.1 Å². The number of carbonyl (C=O) groups is 1. The van der Waals surface area contributed by atoms with Crippen LogP contribution >= 0.6 is 0 Å². The third-order valence-corrected chi connectivity index (χ3v) is 4.24. The van der Waals surface area contributed by atoms with Gasteiger partial charge >= 0.3 is 5.97 Å². The molecule has 2 N–H and O–H groups in total. The van der Waals surface area contributed by atoms with Gasteiger partial charge in [-0.1, -0.05) is 0 Å². The minimum absolute atomic E-state index is 0.166. The third-order valence-electron chi connectivity index (χ3n) is 4.24. The Balaban J connectivity index is 2.04. The van der Waals surface area contributed by atoms with Gasteiger partial charge in [0.05, 0.1) is 11.7 Å². The summed E-state index contributed by atoms with van der Waals surface area (Å²) in [4.78, 5) is 17.5. The molecule has 1 saturated heterocycles. The van der Waals surface area contributed by atoms with Gasteiger partial charge in [0.25, 0.3) is 0 Å². The second kappa shape index (κ2) is 5.34. The number of carboxylic acids is 1. The number of nitriles is 1. The smallest absolute Gasteiger partial charge is 0.326 e. The van der Waals surface area contributed by atoms with Gasteiger partial charge in [-0.15, -0.1) is 0 Å². The third kappa shape index (κ3) is 2.45. The average Bonchev–Trinajstić information content (AvgIpc) is 2.88. The Morgan fingerprint density at radius 1 is 1.43 bits per heavy atom. The maximum Gasteiger partial charge on any atom is 0.326 e. The Morgan fingerprint density at radius 3 is 2.90 bits per heavy atom.